The van der Waals surface area contributed by atoms with Crippen LogP contribution in [0.2, 0.25) is 0 Å². The molecule has 0 fully saturated rings. The van der Waals surface area contributed by atoms with Crippen LogP contribution in [0.25, 0.3) is 0 Å². The van der Waals surface area contributed by atoms with Crippen molar-refractivity contribution in [3.05, 3.63) is 105 Å². The maximum absolute atomic E-state index is 13.2. The number of Topliss-reactive ketones (excluding diaryl/α,β-unsaturated/α-hetero) is 2. The number of carbonyl (C=O) groups excluding carboxylic acids is 3. The van der Waals surface area contributed by atoms with Crippen LogP contribution in [0, 0.1) is 22.9 Å². The van der Waals surface area contributed by atoms with Gasteiger partial charge in [-0.2, -0.15) is 0 Å². The summed E-state index contributed by atoms with van der Waals surface area (Å²) in [6, 6.07) is 16.3. The van der Waals surface area contributed by atoms with Gasteiger partial charge in [-0.15, -0.1) is 0 Å². The van der Waals surface area contributed by atoms with Crippen molar-refractivity contribution in [1.82, 2.24) is 0 Å². The molecule has 0 heterocycles. The molecule has 0 aliphatic heterocycles. The number of nitrogens with zero attached hydrogens (tertiary/aromatic N) is 1. The van der Waals surface area contributed by atoms with Crippen LogP contribution < -0.4 is 5.32 Å². The Morgan fingerprint density at radius 3 is 2.29 bits per heavy atom. The summed E-state index contributed by atoms with van der Waals surface area (Å²) in [6.07, 6.45) is -0.273. The topological polar surface area (TPSA) is 116 Å². The minimum Gasteiger partial charge on any atom is -0.456 e. The van der Waals surface area contributed by atoms with Gasteiger partial charge in [-0.3, -0.25) is 19.7 Å². The number of anilines is 1. The molecule has 1 atom stereocenters. The minimum absolute atomic E-state index is 0.0218. The second kappa shape index (κ2) is 11.0. The molecule has 0 amide bonds. The molecular weight excluding hydrogens is 443 g/mol. The van der Waals surface area contributed by atoms with Crippen LogP contribution in [0.5, 0.6) is 0 Å². The first kappa shape index (κ1) is 24.2. The van der Waals surface area contributed by atoms with Crippen molar-refractivity contribution in [2.45, 2.75) is 19.4 Å². The lowest BCUT2D eigenvalue weighted by atomic mass is 10.0. The molecule has 174 valence electrons. The van der Waals surface area contributed by atoms with E-state index in [9.17, 15) is 28.9 Å². The van der Waals surface area contributed by atoms with Gasteiger partial charge in [0.1, 0.15) is 11.9 Å². The van der Waals surface area contributed by atoms with Crippen LogP contribution in [-0.2, 0) is 9.53 Å². The smallest absolute Gasteiger partial charge is 0.329 e. The van der Waals surface area contributed by atoms with Gasteiger partial charge in [0.2, 0.25) is 5.78 Å². The third-order valence-corrected chi connectivity index (χ3v) is 5.03. The fourth-order valence-electron chi connectivity index (χ4n) is 3.17. The number of hydrogen-bond donors (Lipinski definition) is 1. The zero-order valence-electron chi connectivity index (χ0n) is 18.2. The van der Waals surface area contributed by atoms with Gasteiger partial charge in [0.05, 0.1) is 4.92 Å². The molecule has 3 rings (SSSR count). The van der Waals surface area contributed by atoms with E-state index >= 15 is 0 Å². The van der Waals surface area contributed by atoms with Gasteiger partial charge < -0.3 is 10.1 Å². The van der Waals surface area contributed by atoms with E-state index in [0.717, 1.165) is 6.07 Å². The number of nitro benzene ring substituents is 1. The molecule has 0 aliphatic carbocycles. The number of hydrogen-bond acceptors (Lipinski definition) is 7. The van der Waals surface area contributed by atoms with E-state index in [2.05, 4.69) is 5.32 Å². The van der Waals surface area contributed by atoms with Gasteiger partial charge in [0, 0.05) is 34.9 Å². The summed E-state index contributed by atoms with van der Waals surface area (Å²) in [6.45, 7) is 0.877. The Kier molecular flexibility index (Phi) is 7.81. The number of ether oxygens (including phenoxy) is 1. The number of ketones is 2. The second-order valence-corrected chi connectivity index (χ2v) is 7.49. The largest absolute Gasteiger partial charge is 0.456 e. The summed E-state index contributed by atoms with van der Waals surface area (Å²) in [7, 11) is 0. The highest BCUT2D eigenvalue weighted by Crippen LogP contribution is 2.20. The fraction of sp³-hybridized carbons (Fsp3) is 0.160. The summed E-state index contributed by atoms with van der Waals surface area (Å²) in [4.78, 5) is 48.4. The van der Waals surface area contributed by atoms with Gasteiger partial charge in [-0.25, -0.2) is 9.18 Å². The molecule has 3 aromatic rings. The van der Waals surface area contributed by atoms with Crippen molar-refractivity contribution in [2.24, 2.45) is 0 Å². The van der Waals surface area contributed by atoms with Crippen molar-refractivity contribution in [2.75, 3.05) is 11.9 Å². The Morgan fingerprint density at radius 1 is 0.971 bits per heavy atom. The van der Waals surface area contributed by atoms with Crippen LogP contribution in [-0.4, -0.2) is 35.1 Å². The average molecular weight is 464 g/mol. The van der Waals surface area contributed by atoms with E-state index in [1.165, 1.54) is 36.4 Å². The lowest BCUT2D eigenvalue weighted by Gasteiger charge is -2.18. The minimum atomic E-state index is -1.15. The van der Waals surface area contributed by atoms with E-state index < -0.39 is 35.1 Å². The molecule has 0 spiro atoms. The molecule has 0 aliphatic rings. The van der Waals surface area contributed by atoms with E-state index in [4.69, 9.17) is 4.74 Å². The molecule has 0 aromatic heterocycles. The zero-order chi connectivity index (χ0) is 24.7. The number of halogens is 1. The quantitative estimate of drug-likeness (QED) is 0.203. The van der Waals surface area contributed by atoms with Crippen molar-refractivity contribution in [1.29, 1.82) is 0 Å². The number of nitro groups is 1. The summed E-state index contributed by atoms with van der Waals surface area (Å²) in [5.74, 6) is -2.31. The van der Waals surface area contributed by atoms with Crippen LogP contribution in [0.15, 0.2) is 72.8 Å². The molecular formula is C25H21FN2O6. The Balaban J connectivity index is 1.73. The van der Waals surface area contributed by atoms with Crippen molar-refractivity contribution in [3.63, 3.8) is 0 Å². The lowest BCUT2D eigenvalue weighted by Crippen LogP contribution is -2.34. The summed E-state index contributed by atoms with van der Waals surface area (Å²) < 4.78 is 18.4. The van der Waals surface area contributed by atoms with E-state index in [1.807, 2.05) is 0 Å². The van der Waals surface area contributed by atoms with Gasteiger partial charge in [-0.05, 0) is 31.2 Å². The predicted molar refractivity (Wildman–Crippen MR) is 122 cm³/mol. The normalized spacial score (nSPS) is 11.4. The first-order chi connectivity index (χ1) is 16.2. The summed E-state index contributed by atoms with van der Waals surface area (Å²) in [5, 5.41) is 14.0. The van der Waals surface area contributed by atoms with E-state index in [0.29, 0.717) is 16.8 Å². The monoisotopic (exact) mass is 464 g/mol. The molecule has 34 heavy (non-hydrogen) atoms. The van der Waals surface area contributed by atoms with E-state index in [-0.39, 0.29) is 23.5 Å². The lowest BCUT2D eigenvalue weighted by molar-refractivity contribution is -0.385. The highest BCUT2D eigenvalue weighted by atomic mass is 19.1. The van der Waals surface area contributed by atoms with Gasteiger partial charge in [0.15, 0.2) is 12.4 Å². The van der Waals surface area contributed by atoms with E-state index in [1.54, 1.807) is 37.3 Å². The maximum atomic E-state index is 13.2. The number of nitrogens with one attached hydrogen (secondary N) is 1. The Hall–Kier alpha value is -4.40. The number of benzene rings is 3. The standard InChI is InChI=1S/C25H21FN2O6/c1-16-7-8-18(13-22(16)28(32)33)24(30)15-34-25(31)21(27-20-11-9-19(26)10-12-20)14-23(29)17-5-3-2-4-6-17/h2-13,21,27H,14-15H2,1H3/t21-/m0/s1. The molecule has 0 saturated heterocycles. The predicted octanol–water partition coefficient (Wildman–Crippen LogP) is 4.52. The molecule has 0 saturated carbocycles. The number of rotatable bonds is 10. The molecule has 0 radical (unpaired) electrons. The Bertz CT molecular complexity index is 1210. The third kappa shape index (κ3) is 6.32. The summed E-state index contributed by atoms with van der Waals surface area (Å²) in [5.41, 5.74) is 0.963. The van der Waals surface area contributed by atoms with Crippen LogP contribution in [0.4, 0.5) is 15.8 Å². The Labute approximate surface area is 194 Å². The molecule has 1 N–H and O–H groups in total. The molecule has 9 heteroatoms. The second-order valence-electron chi connectivity index (χ2n) is 7.49. The molecule has 3 aromatic carbocycles. The SMILES string of the molecule is Cc1ccc(C(=O)COC(=O)[C@H](CC(=O)c2ccccc2)Nc2ccc(F)cc2)cc1[N+](=O)[O-]. The molecule has 8 nitrogen and oxygen atoms in total. The highest BCUT2D eigenvalue weighted by molar-refractivity contribution is 6.01. The number of aryl methyl sites for hydroxylation is 1. The number of carbonyl (C=O) groups is 3. The Morgan fingerprint density at radius 2 is 1.65 bits per heavy atom. The average Bonchev–Trinajstić information content (AvgIpc) is 2.83. The van der Waals surface area contributed by atoms with Gasteiger partial charge >= 0.3 is 5.97 Å². The first-order valence-electron chi connectivity index (χ1n) is 10.3. The fourth-order valence-corrected chi connectivity index (χ4v) is 3.17. The van der Waals surface area contributed by atoms with Crippen LogP contribution in [0.1, 0.15) is 32.7 Å². The van der Waals surface area contributed by atoms with Crippen LogP contribution in [0.3, 0.4) is 0 Å². The number of esters is 1. The van der Waals surface area contributed by atoms with Crippen molar-refractivity contribution < 1.29 is 28.4 Å². The van der Waals surface area contributed by atoms with Gasteiger partial charge in [0.25, 0.3) is 5.69 Å². The molecule has 0 bridgehead atoms. The maximum Gasteiger partial charge on any atom is 0.329 e. The van der Waals surface area contributed by atoms with Crippen molar-refractivity contribution >= 4 is 28.9 Å². The van der Waals surface area contributed by atoms with Crippen LogP contribution >= 0.6 is 0 Å². The van der Waals surface area contributed by atoms with Gasteiger partial charge in [-0.1, -0.05) is 42.5 Å². The highest BCUT2D eigenvalue weighted by Gasteiger charge is 2.25. The third-order valence-electron chi connectivity index (χ3n) is 5.03. The summed E-state index contributed by atoms with van der Waals surface area (Å²) >= 11 is 0. The first-order valence-corrected chi connectivity index (χ1v) is 10.3. The zero-order valence-corrected chi connectivity index (χ0v) is 18.2. The van der Waals surface area contributed by atoms with Crippen molar-refractivity contribution in [3.8, 4) is 0 Å². The molecule has 0 unspecified atom stereocenters.